The van der Waals surface area contributed by atoms with E-state index in [0.717, 1.165) is 61.8 Å². The summed E-state index contributed by atoms with van der Waals surface area (Å²) in [4.78, 5) is 39.2. The van der Waals surface area contributed by atoms with Gasteiger partial charge in [-0.3, -0.25) is 9.59 Å². The normalized spacial score (nSPS) is 17.0. The SMILES string of the molecule is CCOC(=O)c1c(NC(=O)C(C)Sc2nnc(NC(=O)C3CCCCC3)s2)sc2c1CCCC2. The number of thiophene rings is 1. The summed E-state index contributed by atoms with van der Waals surface area (Å²) in [6, 6.07) is 0. The van der Waals surface area contributed by atoms with Crippen LogP contribution in [0, 0.1) is 5.92 Å². The van der Waals surface area contributed by atoms with Crippen LogP contribution in [0.3, 0.4) is 0 Å². The van der Waals surface area contributed by atoms with Gasteiger partial charge in [0, 0.05) is 10.8 Å². The first-order valence-electron chi connectivity index (χ1n) is 11.9. The fraction of sp³-hybridized carbons (Fsp3) is 0.609. The lowest BCUT2D eigenvalue weighted by molar-refractivity contribution is -0.120. The maximum Gasteiger partial charge on any atom is 0.341 e. The molecule has 11 heteroatoms. The number of thioether (sulfide) groups is 1. The fourth-order valence-corrected chi connectivity index (χ4v) is 7.55. The van der Waals surface area contributed by atoms with Crippen molar-refractivity contribution in [2.45, 2.75) is 81.2 Å². The zero-order valence-electron chi connectivity index (χ0n) is 19.5. The lowest BCUT2D eigenvalue weighted by Gasteiger charge is -2.19. The summed E-state index contributed by atoms with van der Waals surface area (Å²) in [5.74, 6) is -0.535. The molecule has 0 aromatic carbocycles. The molecule has 8 nitrogen and oxygen atoms in total. The molecule has 0 radical (unpaired) electrons. The number of ether oxygens (including phenoxy) is 1. The Kier molecular flexibility index (Phi) is 8.60. The van der Waals surface area contributed by atoms with Gasteiger partial charge >= 0.3 is 5.97 Å². The summed E-state index contributed by atoms with van der Waals surface area (Å²) in [6.07, 6.45) is 9.09. The van der Waals surface area contributed by atoms with Gasteiger partial charge in [-0.15, -0.1) is 21.5 Å². The summed E-state index contributed by atoms with van der Waals surface area (Å²) in [5, 5.41) is 14.6. The van der Waals surface area contributed by atoms with Crippen molar-refractivity contribution >= 4 is 62.4 Å². The lowest BCUT2D eigenvalue weighted by atomic mass is 9.89. The highest BCUT2D eigenvalue weighted by atomic mass is 32.2. The van der Waals surface area contributed by atoms with Crippen molar-refractivity contribution in [2.24, 2.45) is 5.92 Å². The Morgan fingerprint density at radius 2 is 1.82 bits per heavy atom. The fourth-order valence-electron chi connectivity index (χ4n) is 4.37. The third-order valence-corrected chi connectivity index (χ3v) is 9.38. The molecule has 0 aliphatic heterocycles. The number of hydrogen-bond donors (Lipinski definition) is 2. The number of esters is 1. The van der Waals surface area contributed by atoms with Crippen LogP contribution in [0.4, 0.5) is 10.1 Å². The number of carbonyl (C=O) groups excluding carboxylic acids is 3. The van der Waals surface area contributed by atoms with Crippen molar-refractivity contribution in [2.75, 3.05) is 17.2 Å². The minimum absolute atomic E-state index is 0.00588. The van der Waals surface area contributed by atoms with Crippen molar-refractivity contribution < 1.29 is 19.1 Å². The maximum absolute atomic E-state index is 13.0. The number of fused-ring (bicyclic) bond motifs is 1. The molecule has 1 unspecified atom stereocenters. The maximum atomic E-state index is 13.0. The molecular weight excluding hydrogens is 492 g/mol. The van der Waals surface area contributed by atoms with E-state index < -0.39 is 5.25 Å². The molecule has 2 aliphatic carbocycles. The van der Waals surface area contributed by atoms with Gasteiger partial charge in [0.25, 0.3) is 0 Å². The third kappa shape index (κ3) is 5.98. The second-order valence-electron chi connectivity index (χ2n) is 8.58. The molecule has 2 heterocycles. The zero-order valence-corrected chi connectivity index (χ0v) is 21.9. The second-order valence-corrected chi connectivity index (χ2v) is 12.3. The Hall–Kier alpha value is -1.98. The predicted octanol–water partition coefficient (Wildman–Crippen LogP) is 5.29. The van der Waals surface area contributed by atoms with E-state index in [1.165, 1.54) is 40.9 Å². The molecule has 1 fully saturated rings. The van der Waals surface area contributed by atoms with E-state index in [4.69, 9.17) is 4.74 Å². The molecule has 2 N–H and O–H groups in total. The molecule has 1 saturated carbocycles. The highest BCUT2D eigenvalue weighted by molar-refractivity contribution is 8.02. The van der Waals surface area contributed by atoms with Crippen LogP contribution >= 0.6 is 34.4 Å². The Morgan fingerprint density at radius 1 is 1.06 bits per heavy atom. The van der Waals surface area contributed by atoms with E-state index in [1.54, 1.807) is 13.8 Å². The number of nitrogens with zero attached hydrogens (tertiary/aromatic N) is 2. The number of nitrogens with one attached hydrogen (secondary N) is 2. The molecular formula is C23H30N4O4S3. The van der Waals surface area contributed by atoms with E-state index in [2.05, 4.69) is 20.8 Å². The molecule has 2 aromatic rings. The van der Waals surface area contributed by atoms with Crippen molar-refractivity contribution in [1.82, 2.24) is 10.2 Å². The quantitative estimate of drug-likeness (QED) is 0.275. The Morgan fingerprint density at radius 3 is 2.59 bits per heavy atom. The lowest BCUT2D eigenvalue weighted by Crippen LogP contribution is -2.24. The number of amides is 2. The average Bonchev–Trinajstić information content (AvgIpc) is 3.43. The van der Waals surface area contributed by atoms with Crippen LogP contribution in [-0.4, -0.2) is 39.8 Å². The Balaban J connectivity index is 1.38. The summed E-state index contributed by atoms with van der Waals surface area (Å²) in [7, 11) is 0. The van der Waals surface area contributed by atoms with Gasteiger partial charge in [0.2, 0.25) is 16.9 Å². The predicted molar refractivity (Wildman–Crippen MR) is 136 cm³/mol. The standard InChI is InChI=1S/C23H30N4O4S3/c1-3-31-21(30)17-15-11-7-8-12-16(15)33-20(17)24-18(28)13(2)32-23-27-26-22(34-23)25-19(29)14-9-5-4-6-10-14/h13-14H,3-12H2,1-2H3,(H,24,28)(H,25,26,29). The van der Waals surface area contributed by atoms with Gasteiger partial charge in [0.1, 0.15) is 5.00 Å². The van der Waals surface area contributed by atoms with Crippen LogP contribution in [0.1, 0.15) is 79.6 Å². The van der Waals surface area contributed by atoms with Gasteiger partial charge in [-0.05, 0) is 57.9 Å². The summed E-state index contributed by atoms with van der Waals surface area (Å²) in [5.41, 5.74) is 1.53. The summed E-state index contributed by atoms with van der Waals surface area (Å²) in [6.45, 7) is 3.86. The molecule has 0 bridgehead atoms. The van der Waals surface area contributed by atoms with E-state index >= 15 is 0 Å². The third-order valence-electron chi connectivity index (χ3n) is 6.15. The molecule has 2 aromatic heterocycles. The number of aryl methyl sites for hydroxylation is 1. The van der Waals surface area contributed by atoms with Crippen molar-refractivity contribution in [1.29, 1.82) is 0 Å². The number of rotatable bonds is 8. The first-order valence-corrected chi connectivity index (χ1v) is 14.4. The highest BCUT2D eigenvalue weighted by Gasteiger charge is 2.29. The zero-order chi connectivity index (χ0) is 24.1. The monoisotopic (exact) mass is 522 g/mol. The van der Waals surface area contributed by atoms with Gasteiger partial charge in [-0.2, -0.15) is 0 Å². The average molecular weight is 523 g/mol. The molecule has 184 valence electrons. The minimum atomic E-state index is -0.455. The van der Waals surface area contributed by atoms with Gasteiger partial charge in [-0.25, -0.2) is 4.79 Å². The first-order chi connectivity index (χ1) is 16.5. The van der Waals surface area contributed by atoms with Crippen LogP contribution in [0.15, 0.2) is 4.34 Å². The van der Waals surface area contributed by atoms with Crippen molar-refractivity contribution in [3.05, 3.63) is 16.0 Å². The van der Waals surface area contributed by atoms with Crippen molar-refractivity contribution in [3.63, 3.8) is 0 Å². The van der Waals surface area contributed by atoms with Crippen LogP contribution in [-0.2, 0) is 27.2 Å². The van der Waals surface area contributed by atoms with E-state index in [1.807, 2.05) is 0 Å². The summed E-state index contributed by atoms with van der Waals surface area (Å²) < 4.78 is 5.88. The summed E-state index contributed by atoms with van der Waals surface area (Å²) >= 11 is 4.03. The molecule has 34 heavy (non-hydrogen) atoms. The van der Waals surface area contributed by atoms with Gasteiger partial charge in [0.05, 0.1) is 17.4 Å². The number of carbonyl (C=O) groups is 3. The Labute approximate surface area is 211 Å². The Bertz CT molecular complexity index is 1050. The van der Waals surface area contributed by atoms with Gasteiger partial charge < -0.3 is 15.4 Å². The van der Waals surface area contributed by atoms with Crippen LogP contribution in [0.25, 0.3) is 0 Å². The number of hydrogen-bond acceptors (Lipinski definition) is 9. The van der Waals surface area contributed by atoms with E-state index in [9.17, 15) is 14.4 Å². The van der Waals surface area contributed by atoms with Crippen molar-refractivity contribution in [3.8, 4) is 0 Å². The number of anilines is 2. The topological polar surface area (TPSA) is 110 Å². The molecule has 0 saturated heterocycles. The molecule has 0 spiro atoms. The van der Waals surface area contributed by atoms with Gasteiger partial charge in [-0.1, -0.05) is 42.4 Å². The first kappa shape index (κ1) is 25.1. The van der Waals surface area contributed by atoms with Crippen LogP contribution in [0.2, 0.25) is 0 Å². The number of aromatic nitrogens is 2. The van der Waals surface area contributed by atoms with E-state index in [-0.39, 0.29) is 23.7 Å². The molecule has 2 amide bonds. The van der Waals surface area contributed by atoms with E-state index in [0.29, 0.717) is 26.6 Å². The van der Waals surface area contributed by atoms with Crippen LogP contribution < -0.4 is 10.6 Å². The largest absolute Gasteiger partial charge is 0.462 e. The highest BCUT2D eigenvalue weighted by Crippen LogP contribution is 2.39. The molecule has 1 atom stereocenters. The van der Waals surface area contributed by atoms with Gasteiger partial charge in [0.15, 0.2) is 4.34 Å². The smallest absolute Gasteiger partial charge is 0.341 e. The van der Waals surface area contributed by atoms with Crippen LogP contribution in [0.5, 0.6) is 0 Å². The second kappa shape index (κ2) is 11.6. The molecule has 4 rings (SSSR count). The minimum Gasteiger partial charge on any atom is -0.462 e. The molecule has 2 aliphatic rings.